The first-order valence-electron chi connectivity index (χ1n) is 7.74. The summed E-state index contributed by atoms with van der Waals surface area (Å²) in [5.41, 5.74) is 4.20. The van der Waals surface area contributed by atoms with Gasteiger partial charge in [-0.05, 0) is 48.6 Å². The van der Waals surface area contributed by atoms with Gasteiger partial charge < -0.3 is 4.57 Å². The molecule has 0 saturated carbocycles. The number of aryl methyl sites for hydroxylation is 2. The lowest BCUT2D eigenvalue weighted by Gasteiger charge is -2.19. The van der Waals surface area contributed by atoms with Gasteiger partial charge in [0.2, 0.25) is 0 Å². The van der Waals surface area contributed by atoms with E-state index in [0.29, 0.717) is 5.39 Å². The Morgan fingerprint density at radius 2 is 2.00 bits per heavy atom. The number of fused-ring (bicyclic) bond motifs is 6. The molecule has 3 aromatic heterocycles. The summed E-state index contributed by atoms with van der Waals surface area (Å²) in [5.74, 6) is 0. The Bertz CT molecular complexity index is 1150. The van der Waals surface area contributed by atoms with Crippen LogP contribution in [0, 0.1) is 6.92 Å². The van der Waals surface area contributed by atoms with Gasteiger partial charge in [-0.15, -0.1) is 11.3 Å². The molecule has 112 valence electrons. The second-order valence-corrected chi connectivity index (χ2v) is 7.08. The molecular formula is C19H14N2OS. The molecular weight excluding hydrogens is 304 g/mol. The molecule has 0 atom stereocenters. The van der Waals surface area contributed by atoms with Gasteiger partial charge in [0.1, 0.15) is 0 Å². The SMILES string of the molecule is Cc1ccc2c(=O)n3c(cc2n1)-c1sc2ccccc2c1CC3. The number of aromatic nitrogens is 2. The molecule has 4 heterocycles. The minimum atomic E-state index is 0.0770. The molecule has 4 aromatic rings. The zero-order valence-electron chi connectivity index (χ0n) is 12.7. The number of hydrogen-bond acceptors (Lipinski definition) is 3. The van der Waals surface area contributed by atoms with Crippen molar-refractivity contribution in [1.82, 2.24) is 9.55 Å². The second-order valence-electron chi connectivity index (χ2n) is 6.03. The van der Waals surface area contributed by atoms with E-state index in [9.17, 15) is 4.79 Å². The highest BCUT2D eigenvalue weighted by molar-refractivity contribution is 7.22. The number of nitrogens with zero attached hydrogens (tertiary/aromatic N) is 2. The van der Waals surface area contributed by atoms with Crippen LogP contribution in [-0.4, -0.2) is 9.55 Å². The fraction of sp³-hybridized carbons (Fsp3) is 0.158. The average molecular weight is 318 g/mol. The Hall–Kier alpha value is -2.46. The standard InChI is InChI=1S/C19H14N2OS/c1-11-6-7-14-15(20-11)10-16-18-13(8-9-21(16)19(14)22)12-4-2-3-5-17(12)23-18/h2-7,10H,8-9H2,1H3. The topological polar surface area (TPSA) is 34.9 Å². The molecule has 0 aliphatic carbocycles. The van der Waals surface area contributed by atoms with Crippen LogP contribution in [0.15, 0.2) is 47.3 Å². The van der Waals surface area contributed by atoms with Crippen LogP contribution >= 0.6 is 11.3 Å². The fourth-order valence-corrected chi connectivity index (χ4v) is 4.79. The largest absolute Gasteiger partial charge is 0.306 e. The lowest BCUT2D eigenvalue weighted by molar-refractivity contribution is 0.670. The predicted molar refractivity (Wildman–Crippen MR) is 95.3 cm³/mol. The van der Waals surface area contributed by atoms with Crippen molar-refractivity contribution in [1.29, 1.82) is 0 Å². The van der Waals surface area contributed by atoms with E-state index in [1.54, 1.807) is 11.3 Å². The highest BCUT2D eigenvalue weighted by atomic mass is 32.1. The van der Waals surface area contributed by atoms with Gasteiger partial charge in [-0.3, -0.25) is 9.78 Å². The lowest BCUT2D eigenvalue weighted by Crippen LogP contribution is -2.25. The smallest absolute Gasteiger partial charge is 0.260 e. The third-order valence-electron chi connectivity index (χ3n) is 4.62. The molecule has 1 aliphatic rings. The maximum Gasteiger partial charge on any atom is 0.260 e. The molecule has 0 bridgehead atoms. The van der Waals surface area contributed by atoms with E-state index in [2.05, 4.69) is 35.3 Å². The minimum absolute atomic E-state index is 0.0770. The van der Waals surface area contributed by atoms with Gasteiger partial charge in [0.25, 0.3) is 5.56 Å². The molecule has 4 heteroatoms. The van der Waals surface area contributed by atoms with Crippen molar-refractivity contribution >= 4 is 32.3 Å². The third-order valence-corrected chi connectivity index (χ3v) is 5.86. The predicted octanol–water partition coefficient (Wildman–Crippen LogP) is 4.14. The van der Waals surface area contributed by atoms with Crippen LogP contribution in [0.2, 0.25) is 0 Å². The van der Waals surface area contributed by atoms with Crippen molar-refractivity contribution in [3.63, 3.8) is 0 Å². The van der Waals surface area contributed by atoms with Crippen LogP contribution in [0.5, 0.6) is 0 Å². The quantitative estimate of drug-likeness (QED) is 0.488. The number of benzene rings is 1. The monoisotopic (exact) mass is 318 g/mol. The van der Waals surface area contributed by atoms with Crippen molar-refractivity contribution in [2.75, 3.05) is 0 Å². The first kappa shape index (κ1) is 13.0. The molecule has 0 amide bonds. The van der Waals surface area contributed by atoms with Crippen molar-refractivity contribution in [3.8, 4) is 10.6 Å². The van der Waals surface area contributed by atoms with E-state index in [1.165, 1.54) is 20.5 Å². The summed E-state index contributed by atoms with van der Waals surface area (Å²) in [6.45, 7) is 2.70. The van der Waals surface area contributed by atoms with E-state index in [4.69, 9.17) is 0 Å². The van der Waals surface area contributed by atoms with Crippen molar-refractivity contribution in [3.05, 3.63) is 64.1 Å². The van der Waals surface area contributed by atoms with Crippen LogP contribution in [0.3, 0.4) is 0 Å². The first-order chi connectivity index (χ1) is 11.2. The fourth-order valence-electron chi connectivity index (χ4n) is 3.52. The summed E-state index contributed by atoms with van der Waals surface area (Å²) in [6.07, 6.45) is 0.914. The van der Waals surface area contributed by atoms with E-state index in [0.717, 1.165) is 29.9 Å². The molecule has 23 heavy (non-hydrogen) atoms. The zero-order valence-corrected chi connectivity index (χ0v) is 13.5. The Labute approximate surface area is 136 Å². The van der Waals surface area contributed by atoms with Crippen LogP contribution in [0.1, 0.15) is 11.3 Å². The summed E-state index contributed by atoms with van der Waals surface area (Å²) in [7, 11) is 0. The van der Waals surface area contributed by atoms with Crippen LogP contribution < -0.4 is 5.56 Å². The Morgan fingerprint density at radius 1 is 1.13 bits per heavy atom. The summed E-state index contributed by atoms with van der Waals surface area (Å²) in [6, 6.07) is 14.4. The van der Waals surface area contributed by atoms with Crippen LogP contribution in [-0.2, 0) is 13.0 Å². The maximum absolute atomic E-state index is 12.8. The number of hydrogen-bond donors (Lipinski definition) is 0. The van der Waals surface area contributed by atoms with Gasteiger partial charge >= 0.3 is 0 Å². The van der Waals surface area contributed by atoms with Crippen LogP contribution in [0.4, 0.5) is 0 Å². The molecule has 0 spiro atoms. The van der Waals surface area contributed by atoms with Gasteiger partial charge in [-0.2, -0.15) is 0 Å². The minimum Gasteiger partial charge on any atom is -0.306 e. The van der Waals surface area contributed by atoms with E-state index in [1.807, 2.05) is 23.6 Å². The Morgan fingerprint density at radius 3 is 2.91 bits per heavy atom. The summed E-state index contributed by atoms with van der Waals surface area (Å²) in [5, 5.41) is 2.03. The van der Waals surface area contributed by atoms with Gasteiger partial charge in [0.05, 0.1) is 21.5 Å². The normalized spacial score (nSPS) is 13.3. The molecule has 5 rings (SSSR count). The number of rotatable bonds is 0. The summed E-state index contributed by atoms with van der Waals surface area (Å²) < 4.78 is 3.20. The highest BCUT2D eigenvalue weighted by Crippen LogP contribution is 2.41. The molecule has 1 aromatic carbocycles. The highest BCUT2D eigenvalue weighted by Gasteiger charge is 2.23. The molecule has 0 N–H and O–H groups in total. The second kappa shape index (κ2) is 4.52. The van der Waals surface area contributed by atoms with E-state index in [-0.39, 0.29) is 5.56 Å². The van der Waals surface area contributed by atoms with E-state index >= 15 is 0 Å². The van der Waals surface area contributed by atoms with Crippen molar-refractivity contribution in [2.45, 2.75) is 19.9 Å². The number of pyridine rings is 2. The molecule has 0 saturated heterocycles. The van der Waals surface area contributed by atoms with Crippen molar-refractivity contribution in [2.24, 2.45) is 0 Å². The average Bonchev–Trinajstić information content (AvgIpc) is 2.94. The summed E-state index contributed by atoms with van der Waals surface area (Å²) in [4.78, 5) is 18.6. The molecule has 0 radical (unpaired) electrons. The maximum atomic E-state index is 12.8. The number of thiophene rings is 1. The van der Waals surface area contributed by atoms with Gasteiger partial charge in [-0.25, -0.2) is 0 Å². The molecule has 0 fully saturated rings. The lowest BCUT2D eigenvalue weighted by atomic mass is 10.0. The van der Waals surface area contributed by atoms with E-state index < -0.39 is 0 Å². The van der Waals surface area contributed by atoms with Gasteiger partial charge in [0, 0.05) is 16.9 Å². The zero-order chi connectivity index (χ0) is 15.6. The molecule has 1 aliphatic heterocycles. The molecule has 0 unspecified atom stereocenters. The Balaban J connectivity index is 1.91. The van der Waals surface area contributed by atoms with Gasteiger partial charge in [0.15, 0.2) is 0 Å². The molecule has 3 nitrogen and oxygen atoms in total. The van der Waals surface area contributed by atoms with Gasteiger partial charge in [-0.1, -0.05) is 18.2 Å². The van der Waals surface area contributed by atoms with Crippen LogP contribution in [0.25, 0.3) is 31.6 Å². The summed E-state index contributed by atoms with van der Waals surface area (Å²) >= 11 is 1.78. The Kier molecular flexibility index (Phi) is 2.56. The van der Waals surface area contributed by atoms with Crippen molar-refractivity contribution < 1.29 is 0 Å². The first-order valence-corrected chi connectivity index (χ1v) is 8.56. The third kappa shape index (κ3) is 1.75.